The summed E-state index contributed by atoms with van der Waals surface area (Å²) in [4.78, 5) is 29.5. The van der Waals surface area contributed by atoms with Gasteiger partial charge in [0.2, 0.25) is 11.8 Å². The van der Waals surface area contributed by atoms with Crippen LogP contribution in [0.2, 0.25) is 0 Å². The normalized spacial score (nSPS) is 14.1. The van der Waals surface area contributed by atoms with Gasteiger partial charge in [-0.2, -0.15) is 0 Å². The summed E-state index contributed by atoms with van der Waals surface area (Å²) in [7, 11) is -1.25. The van der Waals surface area contributed by atoms with E-state index in [-0.39, 0.29) is 29.1 Å². The Balaban J connectivity index is 1.76. The lowest BCUT2D eigenvalue weighted by atomic mass is 10.1. The average Bonchev–Trinajstić information content (AvgIpc) is 3.52. The van der Waals surface area contributed by atoms with E-state index in [2.05, 4.69) is 5.32 Å². The second kappa shape index (κ2) is 14.6. The van der Waals surface area contributed by atoms with Crippen LogP contribution in [0.4, 0.5) is 5.69 Å². The first-order chi connectivity index (χ1) is 21.1. The van der Waals surface area contributed by atoms with E-state index in [1.165, 1.54) is 37.3 Å². The Bertz CT molecular complexity index is 1550. The molecule has 1 N–H and O–H groups in total. The van der Waals surface area contributed by atoms with E-state index in [0.29, 0.717) is 17.9 Å². The number of sulfonamides is 1. The van der Waals surface area contributed by atoms with Crippen LogP contribution in [-0.4, -0.2) is 58.0 Å². The van der Waals surface area contributed by atoms with Crippen LogP contribution in [0.5, 0.6) is 11.5 Å². The Morgan fingerprint density at radius 3 is 2.20 bits per heavy atom. The summed E-state index contributed by atoms with van der Waals surface area (Å²) < 4.78 is 40.2. The van der Waals surface area contributed by atoms with E-state index < -0.39 is 28.5 Å². The first-order valence-corrected chi connectivity index (χ1v) is 16.5. The van der Waals surface area contributed by atoms with Crippen molar-refractivity contribution >= 4 is 27.5 Å². The topological polar surface area (TPSA) is 105 Å². The van der Waals surface area contributed by atoms with Crippen molar-refractivity contribution in [2.75, 3.05) is 25.1 Å². The molecule has 1 fully saturated rings. The second-order valence-corrected chi connectivity index (χ2v) is 13.2. The molecule has 10 heteroatoms. The minimum absolute atomic E-state index is 0.0435. The number of rotatable bonds is 13. The Hall–Kier alpha value is -4.05. The molecular formula is C34H43N3O6S. The molecular weight excluding hydrogens is 578 g/mol. The van der Waals surface area contributed by atoms with Gasteiger partial charge in [0.05, 0.1) is 24.8 Å². The summed E-state index contributed by atoms with van der Waals surface area (Å²) in [5.74, 6) is 0.0244. The number of carbonyl (C=O) groups excluding carboxylic acids is 2. The average molecular weight is 622 g/mol. The zero-order valence-electron chi connectivity index (χ0n) is 26.2. The summed E-state index contributed by atoms with van der Waals surface area (Å²) in [6, 6.07) is 18.2. The number of anilines is 1. The number of ether oxygens (including phenoxy) is 2. The van der Waals surface area contributed by atoms with Gasteiger partial charge in [-0.05, 0) is 62.9 Å². The Labute approximate surface area is 261 Å². The number of amides is 2. The molecule has 236 valence electrons. The highest BCUT2D eigenvalue weighted by Crippen LogP contribution is 2.34. The molecule has 3 aromatic rings. The Kier molecular flexibility index (Phi) is 10.9. The van der Waals surface area contributed by atoms with Crippen molar-refractivity contribution in [3.05, 3.63) is 83.4 Å². The van der Waals surface area contributed by atoms with Gasteiger partial charge in [-0.3, -0.25) is 13.9 Å². The fourth-order valence-corrected chi connectivity index (χ4v) is 7.05. The van der Waals surface area contributed by atoms with Gasteiger partial charge in [-0.25, -0.2) is 8.42 Å². The van der Waals surface area contributed by atoms with Crippen molar-refractivity contribution in [2.45, 2.75) is 76.4 Å². The Morgan fingerprint density at radius 1 is 0.909 bits per heavy atom. The molecule has 1 saturated carbocycles. The molecule has 1 atom stereocenters. The van der Waals surface area contributed by atoms with Gasteiger partial charge >= 0.3 is 0 Å². The van der Waals surface area contributed by atoms with Crippen LogP contribution in [0.1, 0.15) is 55.7 Å². The predicted molar refractivity (Wildman–Crippen MR) is 171 cm³/mol. The van der Waals surface area contributed by atoms with Crippen molar-refractivity contribution in [1.82, 2.24) is 10.2 Å². The zero-order chi connectivity index (χ0) is 31.9. The minimum atomic E-state index is -4.21. The first kappa shape index (κ1) is 32.9. The molecule has 4 rings (SSSR count). The van der Waals surface area contributed by atoms with Crippen LogP contribution in [-0.2, 0) is 26.2 Å². The number of carbonyl (C=O) groups is 2. The van der Waals surface area contributed by atoms with Gasteiger partial charge in [0.1, 0.15) is 12.6 Å². The molecule has 3 aromatic carbocycles. The monoisotopic (exact) mass is 621 g/mol. The summed E-state index contributed by atoms with van der Waals surface area (Å²) in [5, 5.41) is 3.14. The van der Waals surface area contributed by atoms with Crippen LogP contribution in [0, 0.1) is 13.8 Å². The van der Waals surface area contributed by atoms with Gasteiger partial charge in [0.15, 0.2) is 11.5 Å². The summed E-state index contributed by atoms with van der Waals surface area (Å²) in [6.45, 7) is 5.33. The van der Waals surface area contributed by atoms with E-state index in [9.17, 15) is 18.0 Å². The van der Waals surface area contributed by atoms with Crippen molar-refractivity contribution in [3.8, 4) is 11.5 Å². The maximum atomic E-state index is 14.4. The number of hydrogen-bond donors (Lipinski definition) is 1. The van der Waals surface area contributed by atoms with Crippen LogP contribution in [0.3, 0.4) is 0 Å². The molecule has 0 aliphatic heterocycles. The van der Waals surface area contributed by atoms with Crippen molar-refractivity contribution in [1.29, 1.82) is 0 Å². The van der Waals surface area contributed by atoms with Crippen molar-refractivity contribution in [2.24, 2.45) is 0 Å². The molecule has 0 aromatic heterocycles. The molecule has 0 saturated heterocycles. The highest BCUT2D eigenvalue weighted by atomic mass is 32.2. The SMILES string of the molecule is CCC(C(=O)NC1CCCC1)N(Cc1cccc(C)c1)C(=O)CN(c1ccc(OC)c(OC)c1)S(=O)(=O)c1ccc(C)cc1. The molecule has 9 nitrogen and oxygen atoms in total. The summed E-state index contributed by atoms with van der Waals surface area (Å²) >= 11 is 0. The smallest absolute Gasteiger partial charge is 0.264 e. The largest absolute Gasteiger partial charge is 0.493 e. The molecule has 0 bridgehead atoms. The van der Waals surface area contributed by atoms with Crippen LogP contribution >= 0.6 is 0 Å². The zero-order valence-corrected chi connectivity index (χ0v) is 27.0. The van der Waals surface area contributed by atoms with Gasteiger partial charge in [0, 0.05) is 18.7 Å². The first-order valence-electron chi connectivity index (χ1n) is 15.0. The third kappa shape index (κ3) is 7.72. The van der Waals surface area contributed by atoms with Gasteiger partial charge < -0.3 is 19.7 Å². The van der Waals surface area contributed by atoms with Gasteiger partial charge in [-0.1, -0.05) is 67.3 Å². The number of methoxy groups -OCH3 is 2. The molecule has 1 unspecified atom stereocenters. The Morgan fingerprint density at radius 2 is 1.59 bits per heavy atom. The lowest BCUT2D eigenvalue weighted by molar-refractivity contribution is -0.140. The molecule has 44 heavy (non-hydrogen) atoms. The predicted octanol–water partition coefficient (Wildman–Crippen LogP) is 5.38. The highest BCUT2D eigenvalue weighted by molar-refractivity contribution is 7.92. The van der Waals surface area contributed by atoms with Crippen molar-refractivity contribution < 1.29 is 27.5 Å². The fraction of sp³-hybridized carbons (Fsp3) is 0.412. The maximum Gasteiger partial charge on any atom is 0.264 e. The van der Waals surface area contributed by atoms with Gasteiger partial charge in [0.25, 0.3) is 10.0 Å². The lowest BCUT2D eigenvalue weighted by Gasteiger charge is -2.34. The van der Waals surface area contributed by atoms with E-state index in [1.807, 2.05) is 45.0 Å². The van der Waals surface area contributed by atoms with Crippen LogP contribution < -0.4 is 19.1 Å². The third-order valence-corrected chi connectivity index (χ3v) is 9.85. The van der Waals surface area contributed by atoms with E-state index in [0.717, 1.165) is 46.7 Å². The molecule has 2 amide bonds. The third-order valence-electron chi connectivity index (χ3n) is 8.07. The molecule has 0 radical (unpaired) electrons. The quantitative estimate of drug-likeness (QED) is 0.275. The molecule has 1 aliphatic rings. The number of nitrogens with zero attached hydrogens (tertiary/aromatic N) is 2. The highest BCUT2D eigenvalue weighted by Gasteiger charge is 2.35. The second-order valence-electron chi connectivity index (χ2n) is 11.3. The lowest BCUT2D eigenvalue weighted by Crippen LogP contribution is -2.53. The molecule has 1 aliphatic carbocycles. The number of hydrogen-bond acceptors (Lipinski definition) is 6. The maximum absolute atomic E-state index is 14.4. The number of aryl methyl sites for hydroxylation is 2. The summed E-state index contributed by atoms with van der Waals surface area (Å²) in [6.07, 6.45) is 4.32. The standard InChI is InChI=1S/C34H43N3O6S/c1-6-30(34(39)35-27-12-7-8-13-27)36(22-26-11-9-10-25(3)20-26)33(38)23-37(28-16-19-31(42-4)32(21-28)43-5)44(40,41)29-17-14-24(2)15-18-29/h9-11,14-21,27,30H,6-8,12-13,22-23H2,1-5H3,(H,35,39). The van der Waals surface area contributed by atoms with E-state index in [4.69, 9.17) is 9.47 Å². The summed E-state index contributed by atoms with van der Waals surface area (Å²) in [5.41, 5.74) is 3.01. The van der Waals surface area contributed by atoms with E-state index >= 15 is 0 Å². The fourth-order valence-electron chi connectivity index (χ4n) is 5.64. The molecule has 0 heterocycles. The number of nitrogens with one attached hydrogen (secondary N) is 1. The van der Waals surface area contributed by atoms with Crippen LogP contribution in [0.25, 0.3) is 0 Å². The number of benzene rings is 3. The van der Waals surface area contributed by atoms with Crippen molar-refractivity contribution in [3.63, 3.8) is 0 Å². The van der Waals surface area contributed by atoms with Gasteiger partial charge in [-0.15, -0.1) is 0 Å². The minimum Gasteiger partial charge on any atom is -0.493 e. The molecule has 0 spiro atoms. The van der Waals surface area contributed by atoms with E-state index in [1.54, 1.807) is 24.3 Å². The van der Waals surface area contributed by atoms with Crippen LogP contribution in [0.15, 0.2) is 71.6 Å².